The molecular formula is C26H30N4O4. The lowest BCUT2D eigenvalue weighted by atomic mass is 10.1. The van der Waals surface area contributed by atoms with Crippen LogP contribution in [0.25, 0.3) is 11.3 Å². The number of nitrogens with one attached hydrogen (secondary N) is 2. The van der Waals surface area contributed by atoms with Crippen LogP contribution in [0, 0.1) is 0 Å². The van der Waals surface area contributed by atoms with Crippen molar-refractivity contribution >= 4 is 17.5 Å². The summed E-state index contributed by atoms with van der Waals surface area (Å²) in [6.07, 6.45) is 4.35. The van der Waals surface area contributed by atoms with Gasteiger partial charge in [-0.3, -0.25) is 5.10 Å². The van der Waals surface area contributed by atoms with Crippen LogP contribution in [-0.4, -0.2) is 61.5 Å². The van der Waals surface area contributed by atoms with Gasteiger partial charge in [0.1, 0.15) is 0 Å². The fourth-order valence-electron chi connectivity index (χ4n) is 4.76. The van der Waals surface area contributed by atoms with Crippen molar-refractivity contribution in [3.8, 4) is 22.8 Å². The van der Waals surface area contributed by atoms with Crippen LogP contribution in [0.4, 0.5) is 11.5 Å². The number of aromatic amines is 1. The summed E-state index contributed by atoms with van der Waals surface area (Å²) in [6.45, 7) is 4.16. The van der Waals surface area contributed by atoms with Gasteiger partial charge in [0, 0.05) is 29.8 Å². The van der Waals surface area contributed by atoms with Gasteiger partial charge in [-0.15, -0.1) is 0 Å². The Morgan fingerprint density at radius 3 is 2.79 bits per heavy atom. The molecule has 2 N–H and O–H groups in total. The van der Waals surface area contributed by atoms with Gasteiger partial charge in [0.25, 0.3) is 0 Å². The van der Waals surface area contributed by atoms with Gasteiger partial charge >= 0.3 is 5.97 Å². The number of nitrogens with zero attached hydrogens (tertiary/aromatic N) is 2. The number of hydrogen-bond donors (Lipinski definition) is 2. The lowest BCUT2D eigenvalue weighted by Gasteiger charge is -2.16. The van der Waals surface area contributed by atoms with Crippen molar-refractivity contribution in [3.05, 3.63) is 53.1 Å². The van der Waals surface area contributed by atoms with E-state index in [-0.39, 0.29) is 5.97 Å². The van der Waals surface area contributed by atoms with Crippen molar-refractivity contribution in [2.24, 2.45) is 0 Å². The van der Waals surface area contributed by atoms with Gasteiger partial charge < -0.3 is 24.4 Å². The highest BCUT2D eigenvalue weighted by Crippen LogP contribution is 2.44. The number of benzene rings is 2. The Kier molecular flexibility index (Phi) is 6.40. The van der Waals surface area contributed by atoms with Crippen LogP contribution < -0.4 is 14.8 Å². The standard InChI is InChI=1S/C26H30N4O4/c1-32-22-16-20-18(15-23(22)34-12-6-11-30-9-3-4-10-30)14-21-24(20)28-29-25(21)27-19-8-5-7-17(13-19)26(31)33-2/h5,7-8,13,15-16H,3-4,6,9-12,14H2,1-2H3,(H2,27,28,29). The number of carbonyl (C=O) groups is 1. The summed E-state index contributed by atoms with van der Waals surface area (Å²) >= 11 is 0. The molecule has 8 heteroatoms. The molecule has 0 amide bonds. The maximum atomic E-state index is 11.9. The smallest absolute Gasteiger partial charge is 0.337 e. The first-order chi connectivity index (χ1) is 16.7. The van der Waals surface area contributed by atoms with E-state index in [0.717, 1.165) is 59.2 Å². The van der Waals surface area contributed by atoms with E-state index in [9.17, 15) is 4.79 Å². The minimum Gasteiger partial charge on any atom is -0.493 e. The van der Waals surface area contributed by atoms with Gasteiger partial charge in [-0.1, -0.05) is 6.07 Å². The van der Waals surface area contributed by atoms with Crippen molar-refractivity contribution < 1.29 is 19.0 Å². The highest BCUT2D eigenvalue weighted by Gasteiger charge is 2.27. The molecule has 1 aromatic heterocycles. The van der Waals surface area contributed by atoms with E-state index in [1.807, 2.05) is 18.2 Å². The minimum atomic E-state index is -0.372. The number of anilines is 2. The van der Waals surface area contributed by atoms with Gasteiger partial charge in [-0.2, -0.15) is 5.10 Å². The zero-order valence-electron chi connectivity index (χ0n) is 19.6. The number of H-pyrrole nitrogens is 1. The van der Waals surface area contributed by atoms with E-state index >= 15 is 0 Å². The van der Waals surface area contributed by atoms with E-state index in [2.05, 4.69) is 26.5 Å². The molecule has 0 saturated carbocycles. The van der Waals surface area contributed by atoms with Crippen LogP contribution in [-0.2, 0) is 11.2 Å². The molecule has 0 spiro atoms. The second-order valence-electron chi connectivity index (χ2n) is 8.71. The molecule has 1 fully saturated rings. The van der Waals surface area contributed by atoms with Crippen LogP contribution in [0.2, 0.25) is 0 Å². The normalized spacial score (nSPS) is 14.5. The number of likely N-dealkylation sites (tertiary alicyclic amines) is 1. The maximum absolute atomic E-state index is 11.9. The summed E-state index contributed by atoms with van der Waals surface area (Å²) in [4.78, 5) is 14.4. The summed E-state index contributed by atoms with van der Waals surface area (Å²) in [5, 5.41) is 11.0. The molecule has 1 saturated heterocycles. The molecule has 3 aromatic rings. The number of hydrogen-bond acceptors (Lipinski definition) is 7. The lowest BCUT2D eigenvalue weighted by Crippen LogP contribution is -2.21. The summed E-state index contributed by atoms with van der Waals surface area (Å²) in [7, 11) is 3.04. The van der Waals surface area contributed by atoms with Crippen molar-refractivity contribution in [1.82, 2.24) is 15.1 Å². The Labute approximate surface area is 199 Å². The number of carbonyl (C=O) groups excluding carboxylic acids is 1. The number of esters is 1. The van der Waals surface area contributed by atoms with Crippen LogP contribution in [0.15, 0.2) is 36.4 Å². The fraction of sp³-hybridized carbons (Fsp3) is 0.385. The molecular weight excluding hydrogens is 432 g/mol. The zero-order valence-corrected chi connectivity index (χ0v) is 19.6. The Bertz CT molecular complexity index is 1180. The molecule has 8 nitrogen and oxygen atoms in total. The van der Waals surface area contributed by atoms with Gasteiger partial charge in [0.15, 0.2) is 17.3 Å². The summed E-state index contributed by atoms with van der Waals surface area (Å²) in [5.41, 5.74) is 5.55. The molecule has 1 aliphatic carbocycles. The average Bonchev–Trinajstić information content (AvgIpc) is 3.59. The Morgan fingerprint density at radius 2 is 2.00 bits per heavy atom. The Balaban J connectivity index is 1.30. The minimum absolute atomic E-state index is 0.372. The predicted molar refractivity (Wildman–Crippen MR) is 130 cm³/mol. The first-order valence-electron chi connectivity index (χ1n) is 11.8. The summed E-state index contributed by atoms with van der Waals surface area (Å²) in [6, 6.07) is 11.3. The molecule has 2 aromatic carbocycles. The maximum Gasteiger partial charge on any atom is 0.337 e. The lowest BCUT2D eigenvalue weighted by molar-refractivity contribution is 0.0601. The van der Waals surface area contributed by atoms with E-state index in [1.165, 1.54) is 38.6 Å². The largest absolute Gasteiger partial charge is 0.493 e. The number of rotatable bonds is 9. The summed E-state index contributed by atoms with van der Waals surface area (Å²) in [5.74, 6) is 1.87. The van der Waals surface area contributed by atoms with Gasteiger partial charge in [-0.05, 0) is 68.2 Å². The van der Waals surface area contributed by atoms with Gasteiger partial charge in [0.2, 0.25) is 0 Å². The van der Waals surface area contributed by atoms with Crippen LogP contribution in [0.5, 0.6) is 11.5 Å². The van der Waals surface area contributed by atoms with E-state index < -0.39 is 0 Å². The number of fused-ring (bicyclic) bond motifs is 3. The monoisotopic (exact) mass is 462 g/mol. The van der Waals surface area contributed by atoms with E-state index in [0.29, 0.717) is 12.2 Å². The quantitative estimate of drug-likeness (QED) is 0.282. The molecule has 5 rings (SSSR count). The Morgan fingerprint density at radius 1 is 1.15 bits per heavy atom. The molecule has 0 bridgehead atoms. The molecule has 2 aliphatic rings. The molecule has 1 aliphatic heterocycles. The fourth-order valence-corrected chi connectivity index (χ4v) is 4.76. The highest BCUT2D eigenvalue weighted by atomic mass is 16.5. The van der Waals surface area contributed by atoms with Crippen molar-refractivity contribution in [3.63, 3.8) is 0 Å². The number of aromatic nitrogens is 2. The van der Waals surface area contributed by atoms with Crippen molar-refractivity contribution in [1.29, 1.82) is 0 Å². The first-order valence-corrected chi connectivity index (χ1v) is 11.8. The highest BCUT2D eigenvalue weighted by molar-refractivity contribution is 5.91. The molecule has 34 heavy (non-hydrogen) atoms. The molecule has 178 valence electrons. The third-order valence-electron chi connectivity index (χ3n) is 6.51. The topological polar surface area (TPSA) is 88.7 Å². The number of methoxy groups -OCH3 is 2. The predicted octanol–water partition coefficient (Wildman–Crippen LogP) is 4.38. The second-order valence-corrected chi connectivity index (χ2v) is 8.71. The SMILES string of the molecule is COC(=O)c1cccc(Nc2n[nH]c3c2Cc2cc(OCCCN4CCCC4)c(OC)cc2-3)c1. The van der Waals surface area contributed by atoms with Gasteiger partial charge in [-0.25, -0.2) is 4.79 Å². The van der Waals surface area contributed by atoms with Crippen LogP contribution in [0.1, 0.15) is 40.7 Å². The van der Waals surface area contributed by atoms with Gasteiger partial charge in [0.05, 0.1) is 32.1 Å². The summed E-state index contributed by atoms with van der Waals surface area (Å²) < 4.78 is 16.6. The van der Waals surface area contributed by atoms with Crippen LogP contribution >= 0.6 is 0 Å². The average molecular weight is 463 g/mol. The molecule has 0 unspecified atom stereocenters. The zero-order chi connectivity index (χ0) is 23.5. The van der Waals surface area contributed by atoms with Crippen molar-refractivity contribution in [2.45, 2.75) is 25.7 Å². The van der Waals surface area contributed by atoms with E-state index in [4.69, 9.17) is 14.2 Å². The molecule has 0 radical (unpaired) electrons. The third kappa shape index (κ3) is 4.46. The first kappa shape index (κ1) is 22.3. The molecule has 0 atom stereocenters. The molecule has 2 heterocycles. The third-order valence-corrected chi connectivity index (χ3v) is 6.51. The second kappa shape index (κ2) is 9.77. The van der Waals surface area contributed by atoms with Crippen molar-refractivity contribution in [2.75, 3.05) is 45.8 Å². The van der Waals surface area contributed by atoms with Crippen LogP contribution in [0.3, 0.4) is 0 Å². The number of ether oxygens (including phenoxy) is 3. The Hall–Kier alpha value is -3.52. The van der Waals surface area contributed by atoms with E-state index in [1.54, 1.807) is 19.2 Å².